The molecule has 2 nitrogen and oxygen atoms in total. The number of hydrogen-bond donors (Lipinski definition) is 1. The molecule has 0 amide bonds. The normalized spacial score (nSPS) is 29.2. The first-order valence-electron chi connectivity index (χ1n) is 7.49. The molecule has 0 saturated carbocycles. The molecule has 3 rings (SSSR count). The lowest BCUT2D eigenvalue weighted by Crippen LogP contribution is -2.45. The Labute approximate surface area is 124 Å². The number of nitrogens with one attached hydrogen (secondary N) is 1. The van der Waals surface area contributed by atoms with Crippen LogP contribution in [0.15, 0.2) is 28.7 Å². The van der Waals surface area contributed by atoms with E-state index in [1.807, 2.05) is 0 Å². The molecule has 104 valence electrons. The van der Waals surface area contributed by atoms with E-state index >= 15 is 0 Å². The summed E-state index contributed by atoms with van der Waals surface area (Å²) in [5.41, 5.74) is 1.38. The second-order valence-electron chi connectivity index (χ2n) is 5.94. The Morgan fingerprint density at radius 3 is 3.00 bits per heavy atom. The summed E-state index contributed by atoms with van der Waals surface area (Å²) < 4.78 is 1.17. The fourth-order valence-corrected chi connectivity index (χ4v) is 4.05. The highest BCUT2D eigenvalue weighted by molar-refractivity contribution is 9.10. The van der Waals surface area contributed by atoms with Crippen LogP contribution in [0.2, 0.25) is 0 Å². The summed E-state index contributed by atoms with van der Waals surface area (Å²) in [6, 6.07) is 10.6. The van der Waals surface area contributed by atoms with Crippen LogP contribution in [0.3, 0.4) is 0 Å². The maximum atomic E-state index is 3.86. The molecule has 0 spiro atoms. The van der Waals surface area contributed by atoms with Gasteiger partial charge in [0.1, 0.15) is 0 Å². The lowest BCUT2D eigenvalue weighted by molar-refractivity contribution is 0.177. The van der Waals surface area contributed by atoms with E-state index in [1.165, 1.54) is 48.8 Å². The molecule has 3 heteroatoms. The smallest absolute Gasteiger partial charge is 0.0295 e. The molecule has 0 aromatic heterocycles. The quantitative estimate of drug-likeness (QED) is 0.912. The second kappa shape index (κ2) is 5.94. The molecule has 1 aromatic carbocycles. The minimum Gasteiger partial charge on any atom is -0.306 e. The van der Waals surface area contributed by atoms with Crippen LogP contribution in [-0.4, -0.2) is 30.1 Å². The van der Waals surface area contributed by atoms with Crippen molar-refractivity contribution in [3.63, 3.8) is 0 Å². The van der Waals surface area contributed by atoms with Crippen LogP contribution >= 0.6 is 15.9 Å². The zero-order valence-corrected chi connectivity index (χ0v) is 13.2. The molecule has 2 aliphatic heterocycles. The Morgan fingerprint density at radius 1 is 1.26 bits per heavy atom. The molecule has 2 heterocycles. The lowest BCUT2D eigenvalue weighted by atomic mass is 9.97. The first-order chi connectivity index (χ1) is 9.24. The molecule has 2 aliphatic rings. The topological polar surface area (TPSA) is 15.3 Å². The van der Waals surface area contributed by atoms with Crippen LogP contribution < -0.4 is 5.32 Å². The molecule has 1 aromatic rings. The molecule has 0 bridgehead atoms. The first kappa shape index (κ1) is 13.6. The fourth-order valence-electron chi connectivity index (χ4n) is 3.64. The van der Waals surface area contributed by atoms with E-state index in [0.29, 0.717) is 12.1 Å². The van der Waals surface area contributed by atoms with Gasteiger partial charge < -0.3 is 5.32 Å². The number of benzene rings is 1. The summed E-state index contributed by atoms with van der Waals surface area (Å²) in [5, 5.41) is 3.86. The van der Waals surface area contributed by atoms with Crippen molar-refractivity contribution in [2.45, 2.75) is 50.7 Å². The van der Waals surface area contributed by atoms with Crippen LogP contribution in [0.4, 0.5) is 0 Å². The molecule has 2 fully saturated rings. The van der Waals surface area contributed by atoms with Crippen LogP contribution in [0.5, 0.6) is 0 Å². The van der Waals surface area contributed by atoms with Crippen LogP contribution in [0.25, 0.3) is 0 Å². The van der Waals surface area contributed by atoms with Gasteiger partial charge >= 0.3 is 0 Å². The number of rotatable bonds is 3. The lowest BCUT2D eigenvalue weighted by Gasteiger charge is -2.34. The summed E-state index contributed by atoms with van der Waals surface area (Å²) in [5.74, 6) is 0. The highest BCUT2D eigenvalue weighted by Crippen LogP contribution is 2.29. The Bertz CT molecular complexity index is 435. The van der Waals surface area contributed by atoms with Crippen molar-refractivity contribution in [3.05, 3.63) is 34.3 Å². The third-order valence-electron chi connectivity index (χ3n) is 4.67. The third kappa shape index (κ3) is 3.04. The van der Waals surface area contributed by atoms with Crippen LogP contribution in [0.1, 0.15) is 44.2 Å². The number of halogens is 1. The average Bonchev–Trinajstić information content (AvgIpc) is 2.82. The Kier molecular flexibility index (Phi) is 4.25. The van der Waals surface area contributed by atoms with E-state index < -0.39 is 0 Å². The predicted octanol–water partition coefficient (Wildman–Crippen LogP) is 3.73. The maximum absolute atomic E-state index is 3.86. The standard InChI is InChI=1S/C16H23BrN2/c1-12(13-5-4-6-14(17)11-13)18-15-8-10-19-9-3-2-7-16(15)19/h4-6,11-12,15-16,18H,2-3,7-10H2,1H3. The van der Waals surface area contributed by atoms with Gasteiger partial charge in [0.15, 0.2) is 0 Å². The van der Waals surface area contributed by atoms with Gasteiger partial charge in [-0.2, -0.15) is 0 Å². The zero-order valence-electron chi connectivity index (χ0n) is 11.6. The minimum atomic E-state index is 0.435. The summed E-state index contributed by atoms with van der Waals surface area (Å²) >= 11 is 3.56. The molecule has 3 unspecified atom stereocenters. The summed E-state index contributed by atoms with van der Waals surface area (Å²) in [6.07, 6.45) is 5.49. The summed E-state index contributed by atoms with van der Waals surface area (Å²) in [4.78, 5) is 2.69. The molecule has 0 radical (unpaired) electrons. The monoisotopic (exact) mass is 322 g/mol. The largest absolute Gasteiger partial charge is 0.306 e. The molecule has 3 atom stereocenters. The molecule has 1 N–H and O–H groups in total. The fraction of sp³-hybridized carbons (Fsp3) is 0.625. The van der Waals surface area contributed by atoms with Gasteiger partial charge in [0.05, 0.1) is 0 Å². The Balaban J connectivity index is 1.65. The molecule has 0 aliphatic carbocycles. The molecule has 19 heavy (non-hydrogen) atoms. The predicted molar refractivity (Wildman–Crippen MR) is 83.3 cm³/mol. The SMILES string of the molecule is CC(NC1CCN2CCCCC12)c1cccc(Br)c1. The van der Waals surface area contributed by atoms with Gasteiger partial charge in [-0.1, -0.05) is 34.5 Å². The summed E-state index contributed by atoms with van der Waals surface area (Å²) in [6.45, 7) is 4.88. The Hall–Kier alpha value is -0.380. The van der Waals surface area contributed by atoms with Crippen molar-refractivity contribution < 1.29 is 0 Å². The molecule has 2 saturated heterocycles. The van der Waals surface area contributed by atoms with Crippen molar-refractivity contribution in [1.82, 2.24) is 10.2 Å². The maximum Gasteiger partial charge on any atom is 0.0295 e. The first-order valence-corrected chi connectivity index (χ1v) is 8.29. The van der Waals surface area contributed by atoms with Crippen molar-refractivity contribution in [1.29, 1.82) is 0 Å². The number of hydrogen-bond acceptors (Lipinski definition) is 2. The van der Waals surface area contributed by atoms with Gasteiger partial charge in [-0.3, -0.25) is 4.90 Å². The number of fused-ring (bicyclic) bond motifs is 1. The highest BCUT2D eigenvalue weighted by Gasteiger charge is 2.35. The zero-order chi connectivity index (χ0) is 13.2. The van der Waals surface area contributed by atoms with E-state index in [9.17, 15) is 0 Å². The van der Waals surface area contributed by atoms with Gasteiger partial charge in [-0.25, -0.2) is 0 Å². The molecular weight excluding hydrogens is 300 g/mol. The second-order valence-corrected chi connectivity index (χ2v) is 6.85. The van der Waals surface area contributed by atoms with Gasteiger partial charge in [-0.05, 0) is 50.4 Å². The molecular formula is C16H23BrN2. The van der Waals surface area contributed by atoms with E-state index in [1.54, 1.807) is 0 Å². The van der Waals surface area contributed by atoms with Crippen molar-refractivity contribution >= 4 is 15.9 Å². The van der Waals surface area contributed by atoms with Crippen LogP contribution in [0, 0.1) is 0 Å². The minimum absolute atomic E-state index is 0.435. The van der Waals surface area contributed by atoms with Crippen molar-refractivity contribution in [3.8, 4) is 0 Å². The van der Waals surface area contributed by atoms with Crippen molar-refractivity contribution in [2.24, 2.45) is 0 Å². The van der Waals surface area contributed by atoms with E-state index in [2.05, 4.69) is 57.3 Å². The number of nitrogens with zero attached hydrogens (tertiary/aromatic N) is 1. The van der Waals surface area contributed by atoms with Gasteiger partial charge in [0.2, 0.25) is 0 Å². The average molecular weight is 323 g/mol. The van der Waals surface area contributed by atoms with Gasteiger partial charge in [0, 0.05) is 29.1 Å². The Morgan fingerprint density at radius 2 is 2.16 bits per heavy atom. The van der Waals surface area contributed by atoms with Crippen LogP contribution in [-0.2, 0) is 0 Å². The highest BCUT2D eigenvalue weighted by atomic mass is 79.9. The van der Waals surface area contributed by atoms with E-state index in [4.69, 9.17) is 0 Å². The van der Waals surface area contributed by atoms with E-state index in [-0.39, 0.29) is 0 Å². The van der Waals surface area contributed by atoms with E-state index in [0.717, 1.165) is 6.04 Å². The number of piperidine rings is 1. The van der Waals surface area contributed by atoms with Crippen molar-refractivity contribution in [2.75, 3.05) is 13.1 Å². The summed E-state index contributed by atoms with van der Waals surface area (Å²) in [7, 11) is 0. The van der Waals surface area contributed by atoms with Gasteiger partial charge in [-0.15, -0.1) is 0 Å². The third-order valence-corrected chi connectivity index (χ3v) is 5.16. The van der Waals surface area contributed by atoms with Gasteiger partial charge in [0.25, 0.3) is 0 Å².